The molecule has 1 aliphatic heterocycles. The van der Waals surface area contributed by atoms with Crippen molar-refractivity contribution in [2.75, 3.05) is 18.5 Å². The van der Waals surface area contributed by atoms with Gasteiger partial charge in [-0.1, -0.05) is 11.6 Å². The Labute approximate surface area is 225 Å². The maximum atomic E-state index is 12.7. The lowest BCUT2D eigenvalue weighted by atomic mass is 10.2. The molecule has 0 aliphatic carbocycles. The number of benzene rings is 2. The third-order valence-electron chi connectivity index (χ3n) is 4.26. The minimum absolute atomic E-state index is 0.0866. The third kappa shape index (κ3) is 6.19. The predicted octanol–water partition coefficient (Wildman–Crippen LogP) is 5.11. The van der Waals surface area contributed by atoms with Crippen LogP contribution in [0.3, 0.4) is 0 Å². The van der Waals surface area contributed by atoms with E-state index in [1.165, 1.54) is 24.3 Å². The standard InChI is InChI=1S/C21H15ClI2N2O6S/c1-2-32-20(30)12-8-11(3-4-13(12)22)25-17(27)9-26-19(29)16(33-21(26)31)7-10-5-14(23)18(28)15(24)6-10/h3-8,28H,2,9H2,1H3,(H,25,27)/b16-7+. The Bertz CT molecular complexity index is 1180. The Kier molecular flexibility index (Phi) is 8.64. The van der Waals surface area contributed by atoms with Crippen molar-refractivity contribution in [2.45, 2.75) is 6.92 Å². The number of nitrogens with zero attached hydrogens (tertiary/aromatic N) is 1. The summed E-state index contributed by atoms with van der Waals surface area (Å²) in [4.78, 5) is 50.5. The van der Waals surface area contributed by atoms with Crippen molar-refractivity contribution in [1.82, 2.24) is 4.90 Å². The van der Waals surface area contributed by atoms with E-state index in [4.69, 9.17) is 16.3 Å². The number of anilines is 1. The highest BCUT2D eigenvalue weighted by molar-refractivity contribution is 14.1. The average molecular weight is 713 g/mol. The SMILES string of the molecule is CCOC(=O)c1cc(NC(=O)CN2C(=O)S/C(=C/c3cc(I)c(O)c(I)c3)C2=O)ccc1Cl. The van der Waals surface area contributed by atoms with Crippen molar-refractivity contribution in [2.24, 2.45) is 0 Å². The Morgan fingerprint density at radius 1 is 1.21 bits per heavy atom. The molecule has 2 aromatic rings. The van der Waals surface area contributed by atoms with Crippen LogP contribution >= 0.6 is 68.5 Å². The van der Waals surface area contributed by atoms with Crippen LogP contribution in [0.15, 0.2) is 35.2 Å². The van der Waals surface area contributed by atoms with Crippen LogP contribution in [0.25, 0.3) is 6.08 Å². The number of imide groups is 1. The van der Waals surface area contributed by atoms with Crippen molar-refractivity contribution >= 4 is 103 Å². The highest BCUT2D eigenvalue weighted by Crippen LogP contribution is 2.34. The molecule has 2 aromatic carbocycles. The summed E-state index contributed by atoms with van der Waals surface area (Å²) in [6, 6.07) is 7.65. The molecule has 33 heavy (non-hydrogen) atoms. The molecule has 0 aromatic heterocycles. The number of thioether (sulfide) groups is 1. The maximum Gasteiger partial charge on any atom is 0.339 e. The molecular weight excluding hydrogens is 698 g/mol. The maximum absolute atomic E-state index is 12.7. The lowest BCUT2D eigenvalue weighted by Crippen LogP contribution is -2.36. The fraction of sp³-hybridized carbons (Fsp3) is 0.143. The van der Waals surface area contributed by atoms with Crippen LogP contribution in [0, 0.1) is 7.14 Å². The summed E-state index contributed by atoms with van der Waals surface area (Å²) >= 11 is 10.7. The van der Waals surface area contributed by atoms with E-state index in [0.717, 1.165) is 16.7 Å². The van der Waals surface area contributed by atoms with Crippen molar-refractivity contribution in [1.29, 1.82) is 0 Å². The molecule has 0 bridgehead atoms. The van der Waals surface area contributed by atoms with Crippen LogP contribution in [0.4, 0.5) is 10.5 Å². The number of halogens is 3. The zero-order chi connectivity index (χ0) is 24.3. The lowest BCUT2D eigenvalue weighted by Gasteiger charge is -2.13. The molecular formula is C21H15ClI2N2O6S. The van der Waals surface area contributed by atoms with E-state index in [-0.39, 0.29) is 33.5 Å². The van der Waals surface area contributed by atoms with Crippen LogP contribution in [0.5, 0.6) is 5.75 Å². The fourth-order valence-corrected chi connectivity index (χ4v) is 5.62. The van der Waals surface area contributed by atoms with Gasteiger partial charge in [0.05, 0.1) is 29.2 Å². The minimum atomic E-state index is -0.631. The molecule has 3 amide bonds. The highest BCUT2D eigenvalue weighted by Gasteiger charge is 2.36. The number of phenols is 1. The molecule has 12 heteroatoms. The number of amides is 3. The number of phenolic OH excluding ortho intramolecular Hbond substituents is 1. The van der Waals surface area contributed by atoms with Gasteiger partial charge in [-0.05, 0) is 106 Å². The summed E-state index contributed by atoms with van der Waals surface area (Å²) < 4.78 is 6.14. The molecule has 0 spiro atoms. The van der Waals surface area contributed by atoms with Gasteiger partial charge in [0.1, 0.15) is 12.3 Å². The second kappa shape index (κ2) is 11.1. The molecule has 0 saturated carbocycles. The van der Waals surface area contributed by atoms with Gasteiger partial charge in [-0.2, -0.15) is 0 Å². The van der Waals surface area contributed by atoms with Gasteiger partial charge in [0.15, 0.2) is 0 Å². The Balaban J connectivity index is 1.72. The van der Waals surface area contributed by atoms with Gasteiger partial charge in [-0.15, -0.1) is 0 Å². The van der Waals surface area contributed by atoms with E-state index in [2.05, 4.69) is 5.32 Å². The minimum Gasteiger partial charge on any atom is -0.506 e. The molecule has 172 valence electrons. The van der Waals surface area contributed by atoms with Gasteiger partial charge in [0, 0.05) is 5.69 Å². The zero-order valence-electron chi connectivity index (χ0n) is 16.9. The van der Waals surface area contributed by atoms with Crippen LogP contribution < -0.4 is 5.32 Å². The van der Waals surface area contributed by atoms with Gasteiger partial charge in [0.25, 0.3) is 11.1 Å². The molecule has 1 aliphatic rings. The molecule has 0 radical (unpaired) electrons. The number of ether oxygens (including phenoxy) is 1. The topological polar surface area (TPSA) is 113 Å². The van der Waals surface area contributed by atoms with Crippen LogP contribution in [0.1, 0.15) is 22.8 Å². The van der Waals surface area contributed by atoms with E-state index >= 15 is 0 Å². The highest BCUT2D eigenvalue weighted by atomic mass is 127. The quantitative estimate of drug-likeness (QED) is 0.244. The van der Waals surface area contributed by atoms with Crippen molar-refractivity contribution < 1.29 is 29.0 Å². The first-order chi connectivity index (χ1) is 15.6. The van der Waals surface area contributed by atoms with Crippen LogP contribution in [0.2, 0.25) is 5.02 Å². The summed E-state index contributed by atoms with van der Waals surface area (Å²) in [5, 5.41) is 12.0. The van der Waals surface area contributed by atoms with E-state index in [0.29, 0.717) is 12.7 Å². The third-order valence-corrected chi connectivity index (χ3v) is 7.14. The van der Waals surface area contributed by atoms with Gasteiger partial charge in [-0.25, -0.2) is 4.79 Å². The van der Waals surface area contributed by atoms with Crippen LogP contribution in [-0.2, 0) is 14.3 Å². The average Bonchev–Trinajstić information content (AvgIpc) is 3.00. The number of rotatable bonds is 6. The summed E-state index contributed by atoms with van der Waals surface area (Å²) in [6.45, 7) is 1.33. The smallest absolute Gasteiger partial charge is 0.339 e. The summed E-state index contributed by atoms with van der Waals surface area (Å²) in [5.41, 5.74) is 0.996. The predicted molar refractivity (Wildman–Crippen MR) is 142 cm³/mol. The summed E-state index contributed by atoms with van der Waals surface area (Å²) in [7, 11) is 0. The van der Waals surface area contributed by atoms with E-state index in [9.17, 15) is 24.3 Å². The van der Waals surface area contributed by atoms with Gasteiger partial charge in [0.2, 0.25) is 5.91 Å². The monoisotopic (exact) mass is 712 g/mol. The number of hydrogen-bond donors (Lipinski definition) is 2. The van der Waals surface area contributed by atoms with Crippen LogP contribution in [-0.4, -0.2) is 46.2 Å². The second-order valence-electron chi connectivity index (χ2n) is 6.56. The van der Waals surface area contributed by atoms with E-state index in [1.807, 2.05) is 45.2 Å². The molecule has 2 N–H and O–H groups in total. The van der Waals surface area contributed by atoms with Crippen molar-refractivity contribution in [3.05, 3.63) is 58.5 Å². The zero-order valence-corrected chi connectivity index (χ0v) is 22.7. The molecule has 1 heterocycles. The number of carbonyl (C=O) groups excluding carboxylic acids is 4. The Morgan fingerprint density at radius 2 is 1.88 bits per heavy atom. The Hall–Kier alpha value is -1.84. The first-order valence-electron chi connectivity index (χ1n) is 9.30. The number of hydrogen-bond acceptors (Lipinski definition) is 7. The molecule has 0 unspecified atom stereocenters. The first-order valence-corrected chi connectivity index (χ1v) is 12.7. The Morgan fingerprint density at radius 3 is 2.52 bits per heavy atom. The summed E-state index contributed by atoms with van der Waals surface area (Å²) in [5.74, 6) is -1.70. The molecule has 1 saturated heterocycles. The summed E-state index contributed by atoms with van der Waals surface area (Å²) in [6.07, 6.45) is 1.54. The van der Waals surface area contributed by atoms with Crippen molar-refractivity contribution in [3.63, 3.8) is 0 Å². The second-order valence-corrected chi connectivity index (χ2v) is 10.3. The number of nitrogens with one attached hydrogen (secondary N) is 1. The number of aromatic hydroxyl groups is 1. The van der Waals surface area contributed by atoms with E-state index < -0.39 is 29.6 Å². The fourth-order valence-electron chi connectivity index (χ4n) is 2.77. The molecule has 8 nitrogen and oxygen atoms in total. The van der Waals surface area contributed by atoms with E-state index in [1.54, 1.807) is 19.1 Å². The largest absolute Gasteiger partial charge is 0.506 e. The number of esters is 1. The normalized spacial score (nSPS) is 14.7. The molecule has 3 rings (SSSR count). The van der Waals surface area contributed by atoms with Gasteiger partial charge < -0.3 is 15.2 Å². The lowest BCUT2D eigenvalue weighted by molar-refractivity contribution is -0.127. The molecule has 0 atom stereocenters. The van der Waals surface area contributed by atoms with Gasteiger partial charge >= 0.3 is 5.97 Å². The molecule has 1 fully saturated rings. The first kappa shape index (κ1) is 25.8. The van der Waals surface area contributed by atoms with Crippen molar-refractivity contribution in [3.8, 4) is 5.75 Å². The van der Waals surface area contributed by atoms with Gasteiger partial charge in [-0.3, -0.25) is 19.3 Å². The number of carbonyl (C=O) groups is 4.